The van der Waals surface area contributed by atoms with Crippen LogP contribution in [0.15, 0.2) is 42.5 Å². The van der Waals surface area contributed by atoms with Gasteiger partial charge in [-0.1, -0.05) is 50.2 Å². The van der Waals surface area contributed by atoms with Gasteiger partial charge in [0, 0.05) is 37.3 Å². The largest absolute Gasteiger partial charge is 0.312 e. The molecule has 28 heavy (non-hydrogen) atoms. The van der Waals surface area contributed by atoms with Gasteiger partial charge in [0.1, 0.15) is 0 Å². The summed E-state index contributed by atoms with van der Waals surface area (Å²) >= 11 is 0. The van der Waals surface area contributed by atoms with Gasteiger partial charge in [-0.15, -0.1) is 0 Å². The van der Waals surface area contributed by atoms with E-state index < -0.39 is 0 Å². The van der Waals surface area contributed by atoms with E-state index in [4.69, 9.17) is 0 Å². The summed E-state index contributed by atoms with van der Waals surface area (Å²) < 4.78 is 0. The average Bonchev–Trinajstić information content (AvgIpc) is 2.98. The van der Waals surface area contributed by atoms with E-state index in [-0.39, 0.29) is 17.9 Å². The van der Waals surface area contributed by atoms with Crippen molar-refractivity contribution in [3.05, 3.63) is 59.2 Å². The molecular weight excluding hydrogens is 348 g/mol. The lowest BCUT2D eigenvalue weighted by molar-refractivity contribution is -0.119. The smallest absolute Gasteiger partial charge is 0.229 e. The summed E-state index contributed by atoms with van der Waals surface area (Å²) in [5.74, 6) is 0.347. The molecule has 0 radical (unpaired) electrons. The number of carbonyl (C=O) groups is 2. The van der Waals surface area contributed by atoms with Crippen LogP contribution in [-0.4, -0.2) is 24.4 Å². The Morgan fingerprint density at radius 1 is 1.14 bits per heavy atom. The molecule has 0 spiro atoms. The highest BCUT2D eigenvalue weighted by Gasteiger charge is 2.31. The third-order valence-corrected chi connectivity index (χ3v) is 5.57. The molecule has 4 nitrogen and oxygen atoms in total. The van der Waals surface area contributed by atoms with Gasteiger partial charge in [0.15, 0.2) is 0 Å². The van der Waals surface area contributed by atoms with Crippen molar-refractivity contribution in [2.75, 3.05) is 16.3 Å². The molecule has 0 fully saturated rings. The maximum absolute atomic E-state index is 13.1. The second-order valence-corrected chi connectivity index (χ2v) is 8.03. The first-order valence-electron chi connectivity index (χ1n) is 10.1. The van der Waals surface area contributed by atoms with Crippen molar-refractivity contribution >= 4 is 23.2 Å². The molecule has 2 aromatic carbocycles. The number of amides is 2. The number of benzene rings is 2. The normalized spacial score (nSPS) is 15.6. The molecule has 3 rings (SSSR count). The number of nitrogens with zero attached hydrogens (tertiary/aromatic N) is 2. The van der Waals surface area contributed by atoms with Gasteiger partial charge >= 0.3 is 0 Å². The number of rotatable bonds is 5. The van der Waals surface area contributed by atoms with Gasteiger partial charge in [-0.25, -0.2) is 0 Å². The predicted octanol–water partition coefficient (Wildman–Crippen LogP) is 4.84. The fourth-order valence-electron chi connectivity index (χ4n) is 4.22. The first-order chi connectivity index (χ1) is 13.3. The highest BCUT2D eigenvalue weighted by atomic mass is 16.2. The maximum atomic E-state index is 13.1. The Balaban J connectivity index is 1.82. The molecule has 1 unspecified atom stereocenters. The standard InChI is InChI=1S/C24H30N2O2/c1-16(2)21-11-8-9-17(3)24(21)25(19(5)27)14-13-23(28)26-18(4)15-20-10-6-7-12-22(20)26/h6-12,16,18H,13-15H2,1-5H3. The minimum atomic E-state index is -0.0288. The first kappa shape index (κ1) is 20.1. The molecule has 2 amide bonds. The summed E-state index contributed by atoms with van der Waals surface area (Å²) in [4.78, 5) is 29.2. The van der Waals surface area contributed by atoms with Crippen LogP contribution in [0.1, 0.15) is 56.7 Å². The fourth-order valence-corrected chi connectivity index (χ4v) is 4.22. The molecule has 1 heterocycles. The van der Waals surface area contributed by atoms with Gasteiger partial charge in [0.2, 0.25) is 11.8 Å². The van der Waals surface area contributed by atoms with E-state index in [0.717, 1.165) is 28.9 Å². The van der Waals surface area contributed by atoms with Crippen molar-refractivity contribution < 1.29 is 9.59 Å². The summed E-state index contributed by atoms with van der Waals surface area (Å²) in [5, 5.41) is 0. The van der Waals surface area contributed by atoms with Gasteiger partial charge in [0.05, 0.1) is 0 Å². The molecule has 1 aliphatic heterocycles. The lowest BCUT2D eigenvalue weighted by atomic mass is 9.97. The van der Waals surface area contributed by atoms with Crippen LogP contribution in [0, 0.1) is 6.92 Å². The van der Waals surface area contributed by atoms with Crippen LogP contribution in [0.3, 0.4) is 0 Å². The average molecular weight is 379 g/mol. The summed E-state index contributed by atoms with van der Waals surface area (Å²) in [7, 11) is 0. The zero-order valence-corrected chi connectivity index (χ0v) is 17.5. The second-order valence-electron chi connectivity index (χ2n) is 8.03. The van der Waals surface area contributed by atoms with Gasteiger partial charge in [0.25, 0.3) is 0 Å². The summed E-state index contributed by atoms with van der Waals surface area (Å²) in [6.07, 6.45) is 1.19. The van der Waals surface area contributed by atoms with Crippen molar-refractivity contribution in [2.45, 2.75) is 59.4 Å². The van der Waals surface area contributed by atoms with E-state index in [1.54, 1.807) is 11.8 Å². The SMILES string of the molecule is CC(=O)N(CCC(=O)N1c2ccccc2CC1C)c1c(C)cccc1C(C)C. The van der Waals surface area contributed by atoms with Crippen LogP contribution in [0.25, 0.3) is 0 Å². The summed E-state index contributed by atoms with van der Waals surface area (Å²) in [6, 6.07) is 14.4. The molecule has 2 aromatic rings. The predicted molar refractivity (Wildman–Crippen MR) is 115 cm³/mol. The number of hydrogen-bond acceptors (Lipinski definition) is 2. The Morgan fingerprint density at radius 3 is 2.54 bits per heavy atom. The summed E-state index contributed by atoms with van der Waals surface area (Å²) in [5.41, 5.74) is 5.38. The molecule has 0 aromatic heterocycles. The fraction of sp³-hybridized carbons (Fsp3) is 0.417. The van der Waals surface area contributed by atoms with Crippen LogP contribution in [0.5, 0.6) is 0 Å². The molecule has 148 valence electrons. The lowest BCUT2D eigenvalue weighted by Crippen LogP contribution is -2.39. The molecule has 0 aliphatic carbocycles. The number of anilines is 2. The van der Waals surface area contributed by atoms with Crippen LogP contribution >= 0.6 is 0 Å². The third kappa shape index (κ3) is 3.82. The van der Waals surface area contributed by atoms with E-state index in [9.17, 15) is 9.59 Å². The summed E-state index contributed by atoms with van der Waals surface area (Å²) in [6.45, 7) is 10.3. The Labute approximate surface area is 168 Å². The molecule has 0 N–H and O–H groups in total. The number of aryl methyl sites for hydroxylation is 1. The van der Waals surface area contributed by atoms with Crippen molar-refractivity contribution in [3.8, 4) is 0 Å². The van der Waals surface area contributed by atoms with Crippen molar-refractivity contribution in [1.82, 2.24) is 0 Å². The Morgan fingerprint density at radius 2 is 1.86 bits per heavy atom. The second kappa shape index (κ2) is 8.17. The van der Waals surface area contributed by atoms with E-state index in [1.807, 2.05) is 42.2 Å². The minimum absolute atomic E-state index is 0.0288. The van der Waals surface area contributed by atoms with Crippen LogP contribution < -0.4 is 9.80 Å². The maximum Gasteiger partial charge on any atom is 0.229 e. The molecule has 1 aliphatic rings. The van der Waals surface area contributed by atoms with Crippen LogP contribution in [0.2, 0.25) is 0 Å². The highest BCUT2D eigenvalue weighted by molar-refractivity contribution is 5.98. The van der Waals surface area contributed by atoms with E-state index in [0.29, 0.717) is 18.9 Å². The zero-order chi connectivity index (χ0) is 20.4. The topological polar surface area (TPSA) is 40.6 Å². The molecule has 0 bridgehead atoms. The van der Waals surface area contributed by atoms with Gasteiger partial charge < -0.3 is 9.80 Å². The van der Waals surface area contributed by atoms with Crippen molar-refractivity contribution in [3.63, 3.8) is 0 Å². The highest BCUT2D eigenvalue weighted by Crippen LogP contribution is 2.34. The zero-order valence-electron chi connectivity index (χ0n) is 17.5. The number of para-hydroxylation sites is 2. The van der Waals surface area contributed by atoms with Gasteiger partial charge in [-0.2, -0.15) is 0 Å². The number of fused-ring (bicyclic) bond motifs is 1. The van der Waals surface area contributed by atoms with Crippen LogP contribution in [-0.2, 0) is 16.0 Å². The van der Waals surface area contributed by atoms with Crippen molar-refractivity contribution in [2.24, 2.45) is 0 Å². The van der Waals surface area contributed by atoms with Crippen molar-refractivity contribution in [1.29, 1.82) is 0 Å². The molecule has 0 saturated carbocycles. The quantitative estimate of drug-likeness (QED) is 0.747. The Bertz CT molecular complexity index is 888. The number of hydrogen-bond donors (Lipinski definition) is 0. The molecule has 0 saturated heterocycles. The third-order valence-electron chi connectivity index (χ3n) is 5.57. The Hall–Kier alpha value is -2.62. The first-order valence-corrected chi connectivity index (χ1v) is 10.1. The van der Waals surface area contributed by atoms with Gasteiger partial charge in [-0.05, 0) is 48.9 Å². The molecule has 4 heteroatoms. The number of carbonyl (C=O) groups excluding carboxylic acids is 2. The van der Waals surface area contributed by atoms with Crippen LogP contribution in [0.4, 0.5) is 11.4 Å². The lowest BCUT2D eigenvalue weighted by Gasteiger charge is -2.29. The van der Waals surface area contributed by atoms with E-state index in [2.05, 4.69) is 32.9 Å². The monoisotopic (exact) mass is 378 g/mol. The van der Waals surface area contributed by atoms with E-state index >= 15 is 0 Å². The van der Waals surface area contributed by atoms with Gasteiger partial charge in [-0.3, -0.25) is 9.59 Å². The van der Waals surface area contributed by atoms with E-state index in [1.165, 1.54) is 5.56 Å². The minimum Gasteiger partial charge on any atom is -0.312 e. The molecule has 1 atom stereocenters. The Kier molecular flexibility index (Phi) is 5.87. The molecular formula is C24H30N2O2.